The Kier molecular flexibility index (Phi) is 4.73. The highest BCUT2D eigenvalue weighted by Crippen LogP contribution is 2.44. The van der Waals surface area contributed by atoms with Crippen molar-refractivity contribution < 1.29 is 20.7 Å². The first-order valence-corrected chi connectivity index (χ1v) is 11.1. The van der Waals surface area contributed by atoms with Crippen molar-refractivity contribution in [2.75, 3.05) is 11.9 Å². The Morgan fingerprint density at radius 3 is 2.62 bits per heavy atom. The molecule has 0 unspecified atom stereocenters. The molecule has 6 rings (SSSR count). The Labute approximate surface area is 196 Å². The van der Waals surface area contributed by atoms with Gasteiger partial charge in [0.05, 0.1) is 18.5 Å². The average Bonchev–Trinajstić information content (AvgIpc) is 3.56. The third-order valence-corrected chi connectivity index (χ3v) is 6.44. The fourth-order valence-corrected chi connectivity index (χ4v) is 4.77. The van der Waals surface area contributed by atoms with E-state index in [0.717, 1.165) is 22.3 Å². The van der Waals surface area contributed by atoms with Crippen molar-refractivity contribution in [3.63, 3.8) is 0 Å². The molecule has 34 heavy (non-hydrogen) atoms. The maximum absolute atomic E-state index is 12.7. The van der Waals surface area contributed by atoms with Crippen LogP contribution >= 0.6 is 0 Å². The quantitative estimate of drug-likeness (QED) is 0.478. The molecular formula is C25H23N5O4. The van der Waals surface area contributed by atoms with Crippen LogP contribution in [0.3, 0.4) is 0 Å². The molecule has 0 bridgehead atoms. The van der Waals surface area contributed by atoms with E-state index in [-0.39, 0.29) is 25.2 Å². The molecule has 1 aliphatic carbocycles. The zero-order chi connectivity index (χ0) is 23.9. The minimum absolute atomic E-state index is 0.0339. The standard InChI is InChI=1S/C25H23N5O4/c1-14-20(31)10-21(34-14)30-13-28-22-23(26-12-27-24(22)30)29-25(32)33-11-19-17-8-4-2-6-15(17)16-7-3-5-9-18(16)19/h2-9,12-14,19-21,31H,10-11H2,1H3,(H,26,27,29,32)/t14-,20-,21-/m1/s1/i1D. The molecule has 1 amide bonds. The number of hydrogen-bond acceptors (Lipinski definition) is 7. The highest BCUT2D eigenvalue weighted by atomic mass is 16.5. The first-order valence-electron chi connectivity index (χ1n) is 11.8. The third-order valence-electron chi connectivity index (χ3n) is 6.44. The molecule has 2 aromatic carbocycles. The monoisotopic (exact) mass is 458 g/mol. The molecule has 4 aromatic rings. The van der Waals surface area contributed by atoms with Crippen molar-refractivity contribution in [1.29, 1.82) is 0 Å². The van der Waals surface area contributed by atoms with Crippen LogP contribution in [0.1, 0.15) is 38.0 Å². The number of nitrogens with one attached hydrogen (secondary N) is 1. The van der Waals surface area contributed by atoms with Crippen molar-refractivity contribution in [3.05, 3.63) is 72.3 Å². The number of rotatable bonds is 4. The number of nitrogens with zero attached hydrogens (tertiary/aromatic N) is 4. The summed E-state index contributed by atoms with van der Waals surface area (Å²) in [5.74, 6) is 0.176. The van der Waals surface area contributed by atoms with E-state index in [2.05, 4.69) is 44.5 Å². The molecule has 1 fully saturated rings. The Hall–Kier alpha value is -3.82. The highest BCUT2D eigenvalue weighted by Gasteiger charge is 2.33. The lowest BCUT2D eigenvalue weighted by Crippen LogP contribution is -2.19. The molecule has 3 heterocycles. The van der Waals surface area contributed by atoms with Gasteiger partial charge < -0.3 is 14.6 Å². The number of imidazole rings is 1. The van der Waals surface area contributed by atoms with Gasteiger partial charge in [-0.3, -0.25) is 9.88 Å². The van der Waals surface area contributed by atoms with Gasteiger partial charge in [-0.15, -0.1) is 0 Å². The first-order chi connectivity index (χ1) is 17.1. The summed E-state index contributed by atoms with van der Waals surface area (Å²) < 4.78 is 20.6. The van der Waals surface area contributed by atoms with E-state index in [4.69, 9.17) is 10.8 Å². The molecule has 2 aliphatic rings. The van der Waals surface area contributed by atoms with Crippen LogP contribution in [0, 0.1) is 0 Å². The normalized spacial score (nSPS) is 21.8. The minimum Gasteiger partial charge on any atom is -0.448 e. The number of fused-ring (bicyclic) bond motifs is 4. The number of aliphatic hydroxyl groups is 1. The predicted molar refractivity (Wildman–Crippen MR) is 124 cm³/mol. The SMILES string of the molecule is [2H]C[C@H]1O[C@@H](n2cnc3c(NC(=O)OCC4c5ccccc5-c5ccccc54)ncnc32)C[C@H]1O. The smallest absolute Gasteiger partial charge is 0.412 e. The lowest BCUT2D eigenvalue weighted by molar-refractivity contribution is -0.00632. The lowest BCUT2D eigenvalue weighted by Gasteiger charge is -2.14. The number of amides is 1. The summed E-state index contributed by atoms with van der Waals surface area (Å²) in [7, 11) is 0. The van der Waals surface area contributed by atoms with Gasteiger partial charge in [0.15, 0.2) is 17.0 Å². The number of carbonyl (C=O) groups excluding carboxylic acids is 1. The maximum Gasteiger partial charge on any atom is 0.412 e. The number of carbonyl (C=O) groups is 1. The van der Waals surface area contributed by atoms with Gasteiger partial charge in [-0.25, -0.2) is 19.7 Å². The molecular weight excluding hydrogens is 434 g/mol. The van der Waals surface area contributed by atoms with Gasteiger partial charge in [-0.1, -0.05) is 48.5 Å². The van der Waals surface area contributed by atoms with E-state index in [9.17, 15) is 9.90 Å². The second-order valence-corrected chi connectivity index (χ2v) is 8.43. The molecule has 172 valence electrons. The molecule has 0 saturated carbocycles. The number of anilines is 1. The van der Waals surface area contributed by atoms with Crippen molar-refractivity contribution in [1.82, 2.24) is 19.5 Å². The average molecular weight is 458 g/mol. The van der Waals surface area contributed by atoms with Crippen LogP contribution in [0.2, 0.25) is 0 Å². The Balaban J connectivity index is 1.18. The molecule has 0 radical (unpaired) electrons. The molecule has 1 aliphatic heterocycles. The summed E-state index contributed by atoms with van der Waals surface area (Å²) >= 11 is 0. The summed E-state index contributed by atoms with van der Waals surface area (Å²) in [5, 5.41) is 12.8. The lowest BCUT2D eigenvalue weighted by atomic mass is 9.98. The van der Waals surface area contributed by atoms with Gasteiger partial charge in [0, 0.05) is 13.7 Å². The summed E-state index contributed by atoms with van der Waals surface area (Å²) in [5.41, 5.74) is 5.42. The molecule has 9 nitrogen and oxygen atoms in total. The Bertz CT molecular complexity index is 1360. The number of ether oxygens (including phenoxy) is 2. The molecule has 2 N–H and O–H groups in total. The number of aliphatic hydroxyl groups excluding tert-OH is 1. The second-order valence-electron chi connectivity index (χ2n) is 8.43. The topological polar surface area (TPSA) is 111 Å². The summed E-state index contributed by atoms with van der Waals surface area (Å²) in [6.07, 6.45) is 0.770. The maximum atomic E-state index is 12.7. The van der Waals surface area contributed by atoms with Gasteiger partial charge >= 0.3 is 6.09 Å². The third kappa shape index (κ3) is 3.41. The van der Waals surface area contributed by atoms with Crippen LogP contribution in [0.5, 0.6) is 0 Å². The van der Waals surface area contributed by atoms with Gasteiger partial charge in [-0.05, 0) is 29.2 Å². The van der Waals surface area contributed by atoms with E-state index in [1.165, 1.54) is 12.7 Å². The predicted octanol–water partition coefficient (Wildman–Crippen LogP) is 3.86. The zero-order valence-corrected chi connectivity index (χ0v) is 18.2. The fraction of sp³-hybridized carbons (Fsp3) is 0.280. The van der Waals surface area contributed by atoms with Crippen molar-refractivity contribution in [2.45, 2.75) is 37.7 Å². The Morgan fingerprint density at radius 2 is 1.91 bits per heavy atom. The van der Waals surface area contributed by atoms with Crippen molar-refractivity contribution in [3.8, 4) is 11.1 Å². The van der Waals surface area contributed by atoms with E-state index in [0.29, 0.717) is 17.6 Å². The van der Waals surface area contributed by atoms with Gasteiger partial charge in [0.2, 0.25) is 0 Å². The van der Waals surface area contributed by atoms with E-state index < -0.39 is 24.5 Å². The van der Waals surface area contributed by atoms with Crippen LogP contribution in [0.4, 0.5) is 10.6 Å². The van der Waals surface area contributed by atoms with Crippen molar-refractivity contribution >= 4 is 23.1 Å². The van der Waals surface area contributed by atoms with E-state index in [1.807, 2.05) is 24.3 Å². The van der Waals surface area contributed by atoms with Crippen LogP contribution in [0.15, 0.2) is 61.2 Å². The van der Waals surface area contributed by atoms with Crippen molar-refractivity contribution in [2.24, 2.45) is 0 Å². The number of hydrogen-bond donors (Lipinski definition) is 2. The van der Waals surface area contributed by atoms with Crippen LogP contribution in [-0.2, 0) is 9.47 Å². The van der Waals surface area contributed by atoms with Gasteiger partial charge in [-0.2, -0.15) is 0 Å². The largest absolute Gasteiger partial charge is 0.448 e. The van der Waals surface area contributed by atoms with Crippen LogP contribution in [0.25, 0.3) is 22.3 Å². The van der Waals surface area contributed by atoms with E-state index in [1.54, 1.807) is 4.57 Å². The van der Waals surface area contributed by atoms with Gasteiger partial charge in [0.25, 0.3) is 0 Å². The Morgan fingerprint density at radius 1 is 1.18 bits per heavy atom. The molecule has 9 heteroatoms. The molecule has 1 saturated heterocycles. The molecule has 2 aromatic heterocycles. The number of aromatic nitrogens is 4. The summed E-state index contributed by atoms with van der Waals surface area (Å²) in [4.78, 5) is 25.5. The second kappa shape index (κ2) is 8.19. The molecule has 3 atom stereocenters. The zero-order valence-electron chi connectivity index (χ0n) is 19.2. The minimum atomic E-state index is -0.727. The molecule has 0 spiro atoms. The summed E-state index contributed by atoms with van der Waals surface area (Å²) in [6.45, 7) is 0.152. The summed E-state index contributed by atoms with van der Waals surface area (Å²) in [6, 6.07) is 16.3. The van der Waals surface area contributed by atoms with Crippen LogP contribution < -0.4 is 5.32 Å². The number of benzene rings is 2. The fourth-order valence-electron chi connectivity index (χ4n) is 4.77. The van der Waals surface area contributed by atoms with E-state index >= 15 is 0 Å². The first kappa shape index (κ1) is 19.6. The highest BCUT2D eigenvalue weighted by molar-refractivity contribution is 5.93. The van der Waals surface area contributed by atoms with Gasteiger partial charge in [0.1, 0.15) is 19.2 Å². The van der Waals surface area contributed by atoms with Crippen LogP contribution in [-0.4, -0.2) is 49.5 Å².